The van der Waals surface area contributed by atoms with E-state index in [0.29, 0.717) is 41.5 Å². The Bertz CT molecular complexity index is 1280. The highest BCUT2D eigenvalue weighted by Gasteiger charge is 2.18. The summed E-state index contributed by atoms with van der Waals surface area (Å²) >= 11 is 0. The number of amides is 1. The molecule has 1 amide bonds. The molecule has 9 heteroatoms. The van der Waals surface area contributed by atoms with Gasteiger partial charge in [0.25, 0.3) is 15.9 Å². The Kier molecular flexibility index (Phi) is 8.11. The Balaban J connectivity index is 1.65. The summed E-state index contributed by atoms with van der Waals surface area (Å²) in [5.74, 6) is 0.697. The van der Waals surface area contributed by atoms with Crippen molar-refractivity contribution in [1.82, 2.24) is 0 Å². The highest BCUT2D eigenvalue weighted by atomic mass is 32.2. The molecule has 0 radical (unpaired) electrons. The molecule has 3 aromatic carbocycles. The molecule has 3 rings (SSSR count). The average Bonchev–Trinajstić information content (AvgIpc) is 2.81. The van der Waals surface area contributed by atoms with Gasteiger partial charge in [0.15, 0.2) is 6.61 Å². The van der Waals surface area contributed by atoms with Gasteiger partial charge in [0.05, 0.1) is 24.0 Å². The maximum Gasteiger partial charge on any atom is 0.262 e. The van der Waals surface area contributed by atoms with Crippen LogP contribution in [0.15, 0.2) is 71.6 Å². The van der Waals surface area contributed by atoms with E-state index >= 15 is 0 Å². The first-order valence-corrected chi connectivity index (χ1v) is 12.0. The molecule has 0 aromatic heterocycles. The van der Waals surface area contributed by atoms with Crippen LogP contribution in [0, 0.1) is 18.3 Å². The molecule has 8 nitrogen and oxygen atoms in total. The first-order valence-electron chi connectivity index (χ1n) is 10.6. The number of ether oxygens (including phenoxy) is 2. The van der Waals surface area contributed by atoms with Gasteiger partial charge in [-0.1, -0.05) is 18.2 Å². The molecule has 0 aliphatic carbocycles. The summed E-state index contributed by atoms with van der Waals surface area (Å²) in [5.41, 5.74) is 2.11. The molecule has 34 heavy (non-hydrogen) atoms. The van der Waals surface area contributed by atoms with Gasteiger partial charge in [-0.25, -0.2) is 8.42 Å². The van der Waals surface area contributed by atoms with Crippen molar-refractivity contribution in [2.75, 3.05) is 23.3 Å². The van der Waals surface area contributed by atoms with Crippen molar-refractivity contribution in [2.24, 2.45) is 0 Å². The fourth-order valence-corrected chi connectivity index (χ4v) is 4.43. The summed E-state index contributed by atoms with van der Waals surface area (Å²) in [4.78, 5) is 12.4. The Morgan fingerprint density at radius 1 is 0.941 bits per heavy atom. The molecular weight excluding hydrogens is 454 g/mol. The third kappa shape index (κ3) is 6.73. The number of benzene rings is 3. The molecule has 0 heterocycles. The number of aryl methyl sites for hydroxylation is 1. The maximum atomic E-state index is 13.0. The largest absolute Gasteiger partial charge is 0.494 e. The van der Waals surface area contributed by atoms with Gasteiger partial charge >= 0.3 is 0 Å². The first-order chi connectivity index (χ1) is 16.3. The number of carbonyl (C=O) groups is 1. The molecular formula is C25H25N3O5S. The fraction of sp³-hybridized carbons (Fsp3) is 0.200. The zero-order valence-corrected chi connectivity index (χ0v) is 19.7. The minimum absolute atomic E-state index is 0.0492. The van der Waals surface area contributed by atoms with Crippen LogP contribution in [-0.2, 0) is 21.2 Å². The van der Waals surface area contributed by atoms with Crippen molar-refractivity contribution < 1.29 is 22.7 Å². The molecule has 0 bridgehead atoms. The Hall–Kier alpha value is -4.03. The van der Waals surface area contributed by atoms with Gasteiger partial charge in [-0.15, -0.1) is 0 Å². The number of rotatable bonds is 10. The Labute approximate surface area is 199 Å². The van der Waals surface area contributed by atoms with Crippen molar-refractivity contribution in [3.8, 4) is 17.6 Å². The van der Waals surface area contributed by atoms with Crippen LogP contribution < -0.4 is 19.5 Å². The van der Waals surface area contributed by atoms with Gasteiger partial charge in [-0.2, -0.15) is 5.26 Å². The number of hydrogen-bond donors (Lipinski definition) is 2. The number of nitrogens with one attached hydrogen (secondary N) is 2. The lowest BCUT2D eigenvalue weighted by molar-refractivity contribution is -0.118. The molecule has 0 saturated carbocycles. The number of hydrogen-bond acceptors (Lipinski definition) is 6. The van der Waals surface area contributed by atoms with Crippen molar-refractivity contribution in [2.45, 2.75) is 25.2 Å². The van der Waals surface area contributed by atoms with Gasteiger partial charge in [-0.05, 0) is 73.5 Å². The Morgan fingerprint density at radius 2 is 1.56 bits per heavy atom. The van der Waals surface area contributed by atoms with Crippen LogP contribution in [0.5, 0.6) is 11.5 Å². The monoisotopic (exact) mass is 479 g/mol. The van der Waals surface area contributed by atoms with Crippen LogP contribution >= 0.6 is 0 Å². The molecule has 0 spiro atoms. The molecule has 0 aliphatic rings. The molecule has 0 saturated heterocycles. The number of sulfonamides is 1. The lowest BCUT2D eigenvalue weighted by Gasteiger charge is -2.13. The van der Waals surface area contributed by atoms with E-state index < -0.39 is 15.9 Å². The normalized spacial score (nSPS) is 10.7. The second kappa shape index (κ2) is 11.2. The van der Waals surface area contributed by atoms with Crippen LogP contribution in [0.2, 0.25) is 0 Å². The van der Waals surface area contributed by atoms with E-state index in [1.807, 2.05) is 6.92 Å². The molecule has 0 unspecified atom stereocenters. The third-order valence-electron chi connectivity index (χ3n) is 4.76. The zero-order chi connectivity index (χ0) is 24.6. The van der Waals surface area contributed by atoms with Gasteiger partial charge in [0, 0.05) is 11.4 Å². The number of anilines is 2. The second-order valence-corrected chi connectivity index (χ2v) is 9.01. The van der Waals surface area contributed by atoms with E-state index in [1.54, 1.807) is 67.6 Å². The number of nitriles is 1. The summed E-state index contributed by atoms with van der Waals surface area (Å²) in [6.45, 7) is 3.81. The molecule has 176 valence electrons. The predicted molar refractivity (Wildman–Crippen MR) is 129 cm³/mol. The van der Waals surface area contributed by atoms with Crippen LogP contribution in [0.1, 0.15) is 18.1 Å². The topological polar surface area (TPSA) is 118 Å². The molecule has 0 fully saturated rings. The van der Waals surface area contributed by atoms with Gasteiger partial charge in [0.1, 0.15) is 11.5 Å². The predicted octanol–water partition coefficient (Wildman–Crippen LogP) is 4.28. The van der Waals surface area contributed by atoms with E-state index in [1.165, 1.54) is 6.07 Å². The average molecular weight is 480 g/mol. The van der Waals surface area contributed by atoms with E-state index in [4.69, 9.17) is 14.7 Å². The second-order valence-electron chi connectivity index (χ2n) is 7.36. The summed E-state index contributed by atoms with van der Waals surface area (Å²) in [5, 5.41) is 11.4. The van der Waals surface area contributed by atoms with E-state index in [0.717, 1.165) is 5.56 Å². The molecule has 0 aliphatic heterocycles. The maximum absolute atomic E-state index is 13.0. The van der Waals surface area contributed by atoms with Crippen molar-refractivity contribution >= 4 is 27.3 Å². The zero-order valence-electron chi connectivity index (χ0n) is 18.9. The van der Waals surface area contributed by atoms with Gasteiger partial charge in [0.2, 0.25) is 0 Å². The lowest BCUT2D eigenvalue weighted by atomic mass is 10.2. The van der Waals surface area contributed by atoms with Crippen molar-refractivity contribution in [3.63, 3.8) is 0 Å². The quantitative estimate of drug-likeness (QED) is 0.448. The minimum Gasteiger partial charge on any atom is -0.494 e. The highest BCUT2D eigenvalue weighted by Crippen LogP contribution is 2.24. The Morgan fingerprint density at radius 3 is 2.21 bits per heavy atom. The van der Waals surface area contributed by atoms with Crippen molar-refractivity contribution in [1.29, 1.82) is 5.26 Å². The van der Waals surface area contributed by atoms with E-state index in [9.17, 15) is 13.2 Å². The third-order valence-corrected chi connectivity index (χ3v) is 6.28. The van der Waals surface area contributed by atoms with Crippen LogP contribution in [-0.4, -0.2) is 27.5 Å². The molecule has 2 N–H and O–H groups in total. The summed E-state index contributed by atoms with van der Waals surface area (Å²) in [7, 11) is -3.89. The number of nitrogens with zero attached hydrogens (tertiary/aromatic N) is 1. The highest BCUT2D eigenvalue weighted by molar-refractivity contribution is 7.92. The minimum atomic E-state index is -3.89. The van der Waals surface area contributed by atoms with Crippen LogP contribution in [0.4, 0.5) is 11.4 Å². The molecule has 3 aromatic rings. The van der Waals surface area contributed by atoms with Crippen LogP contribution in [0.3, 0.4) is 0 Å². The van der Waals surface area contributed by atoms with Gasteiger partial charge in [-0.3, -0.25) is 9.52 Å². The lowest BCUT2D eigenvalue weighted by Crippen LogP contribution is -2.21. The van der Waals surface area contributed by atoms with E-state index in [2.05, 4.69) is 16.1 Å². The fourth-order valence-electron chi connectivity index (χ4n) is 3.10. The summed E-state index contributed by atoms with van der Waals surface area (Å²) < 4.78 is 39.3. The molecule has 0 atom stereocenters. The summed E-state index contributed by atoms with van der Waals surface area (Å²) in [6, 6.07) is 20.2. The van der Waals surface area contributed by atoms with Crippen molar-refractivity contribution in [3.05, 3.63) is 77.9 Å². The SMILES string of the molecule is CCOc1ccc(NS(=O)(=O)c2cc(NC(=O)COc3ccc(CC#N)cc3)ccc2C)cc1. The van der Waals surface area contributed by atoms with E-state index in [-0.39, 0.29) is 11.5 Å². The number of carbonyl (C=O) groups excluding carboxylic acids is 1. The van der Waals surface area contributed by atoms with Crippen LogP contribution in [0.25, 0.3) is 0 Å². The standard InChI is InChI=1S/C25H25N3O5S/c1-3-32-22-12-8-20(9-13-22)28-34(30,31)24-16-21(7-4-18(24)2)27-25(29)17-33-23-10-5-19(6-11-23)14-15-26/h4-13,16,28H,3,14,17H2,1-2H3,(H,27,29). The first kappa shape index (κ1) is 24.6. The summed E-state index contributed by atoms with van der Waals surface area (Å²) in [6.07, 6.45) is 0.298. The smallest absolute Gasteiger partial charge is 0.262 e. The van der Waals surface area contributed by atoms with Gasteiger partial charge < -0.3 is 14.8 Å².